The van der Waals surface area contributed by atoms with E-state index in [1.54, 1.807) is 0 Å². The van der Waals surface area contributed by atoms with Gasteiger partial charge < -0.3 is 4.90 Å². The van der Waals surface area contributed by atoms with Crippen molar-refractivity contribution in [1.82, 2.24) is 9.21 Å². The third kappa shape index (κ3) is 3.30. The highest BCUT2D eigenvalue weighted by Crippen LogP contribution is 2.35. The standard InChI is InChI=1S/C18H22N2O3S/c1-19(24(2,22)23)13-18(21)20-12-6-11-17(20)16-10-5-8-14-7-3-4-9-15(14)16/h3-5,7-10,17H,6,11-13H2,1-2H3. The van der Waals surface area contributed by atoms with Gasteiger partial charge in [-0.05, 0) is 29.2 Å². The third-order valence-corrected chi connectivity index (χ3v) is 5.94. The van der Waals surface area contributed by atoms with E-state index in [-0.39, 0.29) is 18.5 Å². The Morgan fingerprint density at radius 3 is 2.67 bits per heavy atom. The van der Waals surface area contributed by atoms with Crippen molar-refractivity contribution < 1.29 is 13.2 Å². The summed E-state index contributed by atoms with van der Waals surface area (Å²) in [6.07, 6.45) is 2.96. The van der Waals surface area contributed by atoms with Crippen molar-refractivity contribution in [3.05, 3.63) is 48.0 Å². The molecule has 0 aromatic heterocycles. The van der Waals surface area contributed by atoms with Crippen LogP contribution in [0.5, 0.6) is 0 Å². The summed E-state index contributed by atoms with van der Waals surface area (Å²) in [5.74, 6) is -0.140. The third-order valence-electron chi connectivity index (χ3n) is 4.68. The van der Waals surface area contributed by atoms with Crippen molar-refractivity contribution in [2.45, 2.75) is 18.9 Å². The smallest absolute Gasteiger partial charge is 0.238 e. The van der Waals surface area contributed by atoms with Crippen LogP contribution in [0.25, 0.3) is 10.8 Å². The van der Waals surface area contributed by atoms with E-state index in [2.05, 4.69) is 24.3 Å². The van der Waals surface area contributed by atoms with Crippen molar-refractivity contribution in [3.63, 3.8) is 0 Å². The molecule has 2 aromatic rings. The molecule has 0 aliphatic carbocycles. The second-order valence-corrected chi connectivity index (χ2v) is 8.42. The first-order valence-electron chi connectivity index (χ1n) is 8.06. The van der Waals surface area contributed by atoms with E-state index < -0.39 is 10.0 Å². The van der Waals surface area contributed by atoms with E-state index in [4.69, 9.17) is 0 Å². The van der Waals surface area contributed by atoms with E-state index in [9.17, 15) is 13.2 Å². The van der Waals surface area contributed by atoms with Crippen LogP contribution in [-0.2, 0) is 14.8 Å². The maximum absolute atomic E-state index is 12.6. The highest BCUT2D eigenvalue weighted by atomic mass is 32.2. The molecule has 1 amide bonds. The molecule has 3 rings (SSSR count). The molecule has 2 aromatic carbocycles. The maximum Gasteiger partial charge on any atom is 0.238 e. The van der Waals surface area contributed by atoms with Crippen molar-refractivity contribution >= 4 is 26.7 Å². The van der Waals surface area contributed by atoms with Gasteiger partial charge in [-0.3, -0.25) is 4.79 Å². The molecular weight excluding hydrogens is 324 g/mol. The normalized spacial score (nSPS) is 18.5. The molecule has 0 saturated carbocycles. The molecule has 1 atom stereocenters. The minimum Gasteiger partial charge on any atom is -0.334 e. The fraction of sp³-hybridized carbons (Fsp3) is 0.389. The van der Waals surface area contributed by atoms with Gasteiger partial charge in [0.2, 0.25) is 15.9 Å². The van der Waals surface area contributed by atoms with Crippen molar-refractivity contribution in [1.29, 1.82) is 0 Å². The monoisotopic (exact) mass is 346 g/mol. The molecule has 6 heteroatoms. The Bertz CT molecular complexity index is 858. The van der Waals surface area contributed by atoms with Crippen molar-refractivity contribution in [3.8, 4) is 0 Å². The Hall–Kier alpha value is -1.92. The van der Waals surface area contributed by atoms with Gasteiger partial charge in [-0.25, -0.2) is 8.42 Å². The minimum atomic E-state index is -3.36. The van der Waals surface area contributed by atoms with E-state index in [1.165, 1.54) is 7.05 Å². The number of hydrogen-bond acceptors (Lipinski definition) is 3. The van der Waals surface area contributed by atoms with Crippen LogP contribution in [-0.4, -0.2) is 49.9 Å². The molecule has 0 spiro atoms. The zero-order valence-corrected chi connectivity index (χ0v) is 14.8. The van der Waals surface area contributed by atoms with Crippen LogP contribution in [0.2, 0.25) is 0 Å². The molecule has 1 aliphatic heterocycles. The summed E-state index contributed by atoms with van der Waals surface area (Å²) in [6.45, 7) is 0.560. The van der Waals surface area contributed by atoms with E-state index >= 15 is 0 Å². The Balaban J connectivity index is 1.89. The lowest BCUT2D eigenvalue weighted by Crippen LogP contribution is -2.40. The van der Waals surface area contributed by atoms with Gasteiger partial charge >= 0.3 is 0 Å². The van der Waals surface area contributed by atoms with Gasteiger partial charge in [-0.2, -0.15) is 4.31 Å². The van der Waals surface area contributed by atoms with Gasteiger partial charge in [0, 0.05) is 13.6 Å². The number of carbonyl (C=O) groups is 1. The predicted molar refractivity (Wildman–Crippen MR) is 95.1 cm³/mol. The van der Waals surface area contributed by atoms with E-state index in [0.29, 0.717) is 6.54 Å². The Morgan fingerprint density at radius 1 is 1.21 bits per heavy atom. The topological polar surface area (TPSA) is 57.7 Å². The summed E-state index contributed by atoms with van der Waals surface area (Å²) in [6, 6.07) is 14.3. The number of fused-ring (bicyclic) bond motifs is 1. The van der Waals surface area contributed by atoms with Crippen molar-refractivity contribution in [2.24, 2.45) is 0 Å². The SMILES string of the molecule is CN(CC(=O)N1CCCC1c1cccc2ccccc12)S(C)(=O)=O. The summed E-state index contributed by atoms with van der Waals surface area (Å²) in [4.78, 5) is 14.5. The van der Waals surface area contributed by atoms with E-state index in [0.717, 1.165) is 39.7 Å². The van der Waals surface area contributed by atoms with Gasteiger partial charge in [0.25, 0.3) is 0 Å². The second-order valence-electron chi connectivity index (χ2n) is 6.33. The molecule has 1 unspecified atom stereocenters. The molecule has 0 bridgehead atoms. The van der Waals surface area contributed by atoms with Crippen LogP contribution >= 0.6 is 0 Å². The molecular formula is C18H22N2O3S. The average Bonchev–Trinajstić information content (AvgIpc) is 3.03. The Kier molecular flexibility index (Phi) is 4.60. The first kappa shape index (κ1) is 16.9. The number of likely N-dealkylation sites (N-methyl/N-ethyl adjacent to an activating group) is 1. The highest BCUT2D eigenvalue weighted by molar-refractivity contribution is 7.88. The first-order valence-corrected chi connectivity index (χ1v) is 9.91. The predicted octanol–water partition coefficient (Wildman–Crippen LogP) is 2.39. The Morgan fingerprint density at radius 2 is 1.92 bits per heavy atom. The van der Waals surface area contributed by atoms with Gasteiger partial charge in [0.05, 0.1) is 18.8 Å². The first-order chi connectivity index (χ1) is 11.4. The highest BCUT2D eigenvalue weighted by Gasteiger charge is 2.32. The number of sulfonamides is 1. The van der Waals surface area contributed by atoms with Crippen LogP contribution in [0.4, 0.5) is 0 Å². The van der Waals surface area contributed by atoms with Gasteiger partial charge in [0.1, 0.15) is 0 Å². The molecule has 128 valence electrons. The molecule has 1 aliphatic rings. The van der Waals surface area contributed by atoms with Gasteiger partial charge in [-0.1, -0.05) is 42.5 Å². The summed E-state index contributed by atoms with van der Waals surface area (Å²) >= 11 is 0. The summed E-state index contributed by atoms with van der Waals surface area (Å²) in [7, 11) is -1.92. The second kappa shape index (κ2) is 6.53. The zero-order chi connectivity index (χ0) is 17.3. The number of rotatable bonds is 4. The largest absolute Gasteiger partial charge is 0.334 e. The quantitative estimate of drug-likeness (QED) is 0.854. The van der Waals surface area contributed by atoms with Crippen molar-refractivity contribution in [2.75, 3.05) is 26.4 Å². The molecule has 0 radical (unpaired) electrons. The molecule has 1 saturated heterocycles. The number of likely N-dealkylation sites (tertiary alicyclic amines) is 1. The molecule has 5 nitrogen and oxygen atoms in total. The minimum absolute atomic E-state index is 0.0107. The number of amides is 1. The van der Waals surface area contributed by atoms with Crippen LogP contribution in [0, 0.1) is 0 Å². The number of hydrogen-bond donors (Lipinski definition) is 0. The maximum atomic E-state index is 12.6. The van der Waals surface area contributed by atoms with E-state index in [1.807, 2.05) is 23.1 Å². The number of benzene rings is 2. The lowest BCUT2D eigenvalue weighted by atomic mass is 9.97. The zero-order valence-electron chi connectivity index (χ0n) is 14.0. The van der Waals surface area contributed by atoms with Crippen LogP contribution in [0.1, 0.15) is 24.4 Å². The Labute approximate surface area is 142 Å². The van der Waals surface area contributed by atoms with Gasteiger partial charge in [-0.15, -0.1) is 0 Å². The summed E-state index contributed by atoms with van der Waals surface area (Å²) < 4.78 is 24.2. The molecule has 0 N–H and O–H groups in total. The average molecular weight is 346 g/mol. The molecule has 24 heavy (non-hydrogen) atoms. The fourth-order valence-electron chi connectivity index (χ4n) is 3.33. The molecule has 1 fully saturated rings. The lowest BCUT2D eigenvalue weighted by Gasteiger charge is -2.27. The number of nitrogens with zero attached hydrogens (tertiary/aromatic N) is 2. The van der Waals surface area contributed by atoms with Crippen LogP contribution in [0.15, 0.2) is 42.5 Å². The summed E-state index contributed by atoms with van der Waals surface area (Å²) in [5, 5.41) is 2.31. The molecule has 1 heterocycles. The lowest BCUT2D eigenvalue weighted by molar-refractivity contribution is -0.132. The van der Waals surface area contributed by atoms with Crippen LogP contribution in [0.3, 0.4) is 0 Å². The van der Waals surface area contributed by atoms with Crippen LogP contribution < -0.4 is 0 Å². The van der Waals surface area contributed by atoms with Gasteiger partial charge in [0.15, 0.2) is 0 Å². The fourth-order valence-corrected chi connectivity index (χ4v) is 3.67. The summed E-state index contributed by atoms with van der Waals surface area (Å²) in [5.41, 5.74) is 1.14. The number of carbonyl (C=O) groups excluding carboxylic acids is 1.